The second-order valence-corrected chi connectivity index (χ2v) is 10.3. The topological polar surface area (TPSA) is 52.9 Å². The van der Waals surface area contributed by atoms with Crippen LogP contribution in [0.4, 0.5) is 14.9 Å². The van der Waals surface area contributed by atoms with Crippen molar-refractivity contribution in [1.29, 1.82) is 0 Å². The zero-order valence-electron chi connectivity index (χ0n) is 19.1. The van der Waals surface area contributed by atoms with Crippen LogP contribution in [-0.4, -0.2) is 51.4 Å². The Morgan fingerprint density at radius 3 is 2.40 bits per heavy atom. The van der Waals surface area contributed by atoms with Crippen LogP contribution in [0.15, 0.2) is 77.4 Å². The van der Waals surface area contributed by atoms with Crippen LogP contribution in [0.25, 0.3) is 16.9 Å². The van der Waals surface area contributed by atoms with Crippen LogP contribution in [0.2, 0.25) is 0 Å². The molecule has 1 N–H and O–H groups in total. The Bertz CT molecular complexity index is 1360. The van der Waals surface area contributed by atoms with Crippen molar-refractivity contribution in [3.8, 4) is 11.3 Å². The van der Waals surface area contributed by atoms with E-state index in [1.807, 2.05) is 23.1 Å². The summed E-state index contributed by atoms with van der Waals surface area (Å²) in [6.07, 6.45) is 2.08. The number of benzene rings is 2. The Kier molecular flexibility index (Phi) is 5.78. The fourth-order valence-electron chi connectivity index (χ4n) is 5.37. The Labute approximate surface area is 211 Å². The molecule has 6 nitrogen and oxygen atoms in total. The molecule has 2 aliphatic heterocycles. The first-order valence-corrected chi connectivity index (χ1v) is 12.6. The van der Waals surface area contributed by atoms with E-state index < -0.39 is 0 Å². The molecular formula is C27H25BrFN5O. The molecule has 2 atom stereocenters. The SMILES string of the molecule is O=C(Nc1ccc(F)cc1)N1CC2CN(Cc3c(-c4ccc(Br)cc4)nc4ccccn34)CC2C1. The summed E-state index contributed by atoms with van der Waals surface area (Å²) in [5, 5.41) is 2.89. The minimum atomic E-state index is -0.312. The van der Waals surface area contributed by atoms with E-state index in [-0.39, 0.29) is 11.8 Å². The molecule has 178 valence electrons. The standard InChI is InChI=1S/C27H25BrFN5O/c28-21-6-4-18(5-7-21)26-24(34-12-2-1-3-25(34)31-26)17-32-13-19-15-33(16-20(19)14-32)27(35)30-23-10-8-22(29)9-11-23/h1-12,19-20H,13-17H2,(H,30,35). The predicted octanol–water partition coefficient (Wildman–Crippen LogP) is 5.50. The molecule has 35 heavy (non-hydrogen) atoms. The van der Waals surface area contributed by atoms with Gasteiger partial charge >= 0.3 is 6.03 Å². The van der Waals surface area contributed by atoms with E-state index in [0.29, 0.717) is 17.5 Å². The number of hydrogen-bond acceptors (Lipinski definition) is 3. The van der Waals surface area contributed by atoms with Gasteiger partial charge in [-0.05, 0) is 60.4 Å². The van der Waals surface area contributed by atoms with Crippen LogP contribution >= 0.6 is 15.9 Å². The number of nitrogens with one attached hydrogen (secondary N) is 1. The van der Waals surface area contributed by atoms with Gasteiger partial charge in [0.2, 0.25) is 0 Å². The summed E-state index contributed by atoms with van der Waals surface area (Å²) in [7, 11) is 0. The predicted molar refractivity (Wildman–Crippen MR) is 138 cm³/mol. The number of anilines is 1. The van der Waals surface area contributed by atoms with Gasteiger partial charge in [0.05, 0.1) is 11.4 Å². The summed E-state index contributed by atoms with van der Waals surface area (Å²) in [5.41, 5.74) is 4.87. The monoisotopic (exact) mass is 533 g/mol. The first-order chi connectivity index (χ1) is 17.0. The number of amides is 2. The summed E-state index contributed by atoms with van der Waals surface area (Å²) < 4.78 is 16.4. The molecule has 4 aromatic rings. The summed E-state index contributed by atoms with van der Waals surface area (Å²) in [5.74, 6) is 0.585. The van der Waals surface area contributed by atoms with Crippen molar-refractivity contribution in [2.45, 2.75) is 6.54 Å². The molecule has 0 radical (unpaired) electrons. The molecule has 2 aliphatic rings. The Morgan fingerprint density at radius 1 is 0.971 bits per heavy atom. The van der Waals surface area contributed by atoms with E-state index in [1.54, 1.807) is 12.1 Å². The van der Waals surface area contributed by atoms with Gasteiger partial charge in [0.25, 0.3) is 0 Å². The molecule has 2 fully saturated rings. The van der Waals surface area contributed by atoms with Crippen LogP contribution in [-0.2, 0) is 6.54 Å². The number of urea groups is 1. The van der Waals surface area contributed by atoms with Gasteiger partial charge in [0.15, 0.2) is 0 Å². The van der Waals surface area contributed by atoms with Gasteiger partial charge < -0.3 is 14.6 Å². The van der Waals surface area contributed by atoms with Crippen molar-refractivity contribution in [1.82, 2.24) is 19.2 Å². The molecule has 0 bridgehead atoms. The van der Waals surface area contributed by atoms with Crippen LogP contribution in [0, 0.1) is 17.7 Å². The number of rotatable bonds is 4. The number of carbonyl (C=O) groups excluding carboxylic acids is 1. The zero-order valence-corrected chi connectivity index (χ0v) is 20.7. The molecule has 0 spiro atoms. The lowest BCUT2D eigenvalue weighted by Crippen LogP contribution is -2.36. The summed E-state index contributed by atoms with van der Waals surface area (Å²) in [6.45, 7) is 4.18. The second kappa shape index (κ2) is 9.09. The van der Waals surface area contributed by atoms with Crippen LogP contribution in [0.3, 0.4) is 0 Å². The molecule has 8 heteroatoms. The lowest BCUT2D eigenvalue weighted by Gasteiger charge is -2.22. The maximum absolute atomic E-state index is 13.1. The van der Waals surface area contributed by atoms with Crippen molar-refractivity contribution < 1.29 is 9.18 Å². The first kappa shape index (κ1) is 22.2. The van der Waals surface area contributed by atoms with Gasteiger partial charge in [-0.2, -0.15) is 0 Å². The van der Waals surface area contributed by atoms with E-state index in [2.05, 4.69) is 61.0 Å². The van der Waals surface area contributed by atoms with Crippen molar-refractivity contribution in [3.63, 3.8) is 0 Å². The number of likely N-dealkylation sites (tertiary alicyclic amines) is 2. The van der Waals surface area contributed by atoms with Gasteiger partial charge in [-0.15, -0.1) is 0 Å². The quantitative estimate of drug-likeness (QED) is 0.377. The average Bonchev–Trinajstić information content (AvgIpc) is 3.53. The third-order valence-corrected chi connectivity index (χ3v) is 7.59. The number of aromatic nitrogens is 2. The van der Waals surface area contributed by atoms with E-state index in [0.717, 1.165) is 54.1 Å². The first-order valence-electron chi connectivity index (χ1n) is 11.8. The van der Waals surface area contributed by atoms with Crippen LogP contribution in [0.1, 0.15) is 5.69 Å². The van der Waals surface area contributed by atoms with Crippen molar-refractivity contribution in [2.24, 2.45) is 11.8 Å². The number of nitrogens with zero attached hydrogens (tertiary/aromatic N) is 4. The fourth-order valence-corrected chi connectivity index (χ4v) is 5.63. The number of pyridine rings is 1. The molecular weight excluding hydrogens is 509 g/mol. The highest BCUT2D eigenvalue weighted by molar-refractivity contribution is 9.10. The molecule has 0 saturated carbocycles. The minimum Gasteiger partial charge on any atom is -0.324 e. The summed E-state index contributed by atoms with van der Waals surface area (Å²) in [6, 6.07) is 20.2. The number of fused-ring (bicyclic) bond motifs is 2. The number of hydrogen-bond donors (Lipinski definition) is 1. The van der Waals surface area contributed by atoms with Gasteiger partial charge in [-0.25, -0.2) is 14.2 Å². The molecule has 2 unspecified atom stereocenters. The van der Waals surface area contributed by atoms with Crippen LogP contribution < -0.4 is 5.32 Å². The maximum atomic E-state index is 13.1. The van der Waals surface area contributed by atoms with Gasteiger partial charge in [0.1, 0.15) is 11.5 Å². The lowest BCUT2D eigenvalue weighted by atomic mass is 10.0. The van der Waals surface area contributed by atoms with E-state index >= 15 is 0 Å². The third kappa shape index (κ3) is 4.44. The van der Waals surface area contributed by atoms with Gasteiger partial charge in [-0.3, -0.25) is 4.90 Å². The number of imidazole rings is 1. The Balaban J connectivity index is 1.15. The average molecular weight is 534 g/mol. The molecule has 0 aliphatic carbocycles. The molecule has 2 aromatic heterocycles. The summed E-state index contributed by atoms with van der Waals surface area (Å²) in [4.78, 5) is 22.1. The largest absolute Gasteiger partial charge is 0.324 e. The highest BCUT2D eigenvalue weighted by Gasteiger charge is 2.41. The lowest BCUT2D eigenvalue weighted by molar-refractivity contribution is 0.211. The van der Waals surface area contributed by atoms with Crippen molar-refractivity contribution >= 4 is 33.3 Å². The molecule has 2 saturated heterocycles. The number of carbonyl (C=O) groups is 1. The number of halogens is 2. The van der Waals surface area contributed by atoms with Crippen molar-refractivity contribution in [3.05, 3.63) is 88.9 Å². The maximum Gasteiger partial charge on any atom is 0.321 e. The molecule has 2 amide bonds. The van der Waals surface area contributed by atoms with Crippen LogP contribution in [0.5, 0.6) is 0 Å². The summed E-state index contributed by atoms with van der Waals surface area (Å²) >= 11 is 3.52. The van der Waals surface area contributed by atoms with Gasteiger partial charge in [-0.1, -0.05) is 34.1 Å². The molecule has 4 heterocycles. The highest BCUT2D eigenvalue weighted by Crippen LogP contribution is 2.34. The Morgan fingerprint density at radius 2 is 1.69 bits per heavy atom. The molecule has 6 rings (SSSR count). The van der Waals surface area contributed by atoms with Crippen molar-refractivity contribution in [2.75, 3.05) is 31.5 Å². The zero-order chi connectivity index (χ0) is 23.9. The van der Waals surface area contributed by atoms with E-state index in [9.17, 15) is 9.18 Å². The Hall–Kier alpha value is -3.23. The van der Waals surface area contributed by atoms with Gasteiger partial charge in [0, 0.05) is 54.6 Å². The molecule has 2 aromatic carbocycles. The minimum absolute atomic E-state index is 0.114. The van der Waals surface area contributed by atoms with E-state index in [4.69, 9.17) is 4.98 Å². The second-order valence-electron chi connectivity index (χ2n) is 9.40. The fraction of sp³-hybridized carbons (Fsp3) is 0.259. The third-order valence-electron chi connectivity index (χ3n) is 7.06. The normalized spacial score (nSPS) is 19.9. The smallest absolute Gasteiger partial charge is 0.321 e. The highest BCUT2D eigenvalue weighted by atomic mass is 79.9. The van der Waals surface area contributed by atoms with E-state index in [1.165, 1.54) is 17.8 Å².